The minimum Gasteiger partial charge on any atom is -0.449 e. The van der Waals surface area contributed by atoms with Crippen LogP contribution in [0.2, 0.25) is 4.47 Å². The molecule has 1 aromatic heterocycles. The fourth-order valence-electron chi connectivity index (χ4n) is 2.21. The molecule has 28 heavy (non-hydrogen) atoms. The van der Waals surface area contributed by atoms with Crippen molar-refractivity contribution in [2.24, 2.45) is 0 Å². The number of thiazole rings is 1. The maximum Gasteiger partial charge on any atom is 0.416 e. The van der Waals surface area contributed by atoms with Crippen LogP contribution in [0.3, 0.4) is 0 Å². The molecule has 0 aliphatic heterocycles. The van der Waals surface area contributed by atoms with Gasteiger partial charge in [-0.05, 0) is 24.3 Å². The maximum absolute atomic E-state index is 14.0. The zero-order chi connectivity index (χ0) is 20.5. The fourth-order valence-corrected chi connectivity index (χ4v) is 3.12. The molecule has 0 bridgehead atoms. The van der Waals surface area contributed by atoms with Crippen molar-refractivity contribution in [1.29, 1.82) is 0 Å². The first-order valence-corrected chi connectivity index (χ1v) is 8.70. The number of hydrogen-bond donors (Lipinski definition) is 1. The molecule has 148 valence electrons. The van der Waals surface area contributed by atoms with E-state index in [0.717, 1.165) is 12.1 Å². The molecule has 3 aromatic rings. The van der Waals surface area contributed by atoms with Crippen LogP contribution in [-0.4, -0.2) is 4.98 Å². The molecule has 0 atom stereocenters. The van der Waals surface area contributed by atoms with Gasteiger partial charge in [0.1, 0.15) is 5.82 Å². The predicted octanol–water partition coefficient (Wildman–Crippen LogP) is 6.64. The van der Waals surface area contributed by atoms with E-state index in [9.17, 15) is 26.3 Å². The normalized spacial score (nSPS) is 11.5. The molecule has 0 radical (unpaired) electrons. The van der Waals surface area contributed by atoms with Gasteiger partial charge in [-0.3, -0.25) is 0 Å². The highest BCUT2D eigenvalue weighted by Gasteiger charge is 2.33. The number of aromatic nitrogens is 1. The predicted molar refractivity (Wildman–Crippen MR) is 92.3 cm³/mol. The molecule has 0 saturated heterocycles. The van der Waals surface area contributed by atoms with Gasteiger partial charge in [0.05, 0.1) is 17.8 Å². The molecule has 0 fully saturated rings. The molecule has 3 rings (SSSR count). The minimum absolute atomic E-state index is 0.101. The van der Waals surface area contributed by atoms with Gasteiger partial charge in [0.2, 0.25) is 0 Å². The van der Waals surface area contributed by atoms with Crippen molar-refractivity contribution in [2.45, 2.75) is 12.7 Å². The molecule has 0 spiro atoms. The summed E-state index contributed by atoms with van der Waals surface area (Å²) < 4.78 is 84.9. The summed E-state index contributed by atoms with van der Waals surface area (Å²) in [5.41, 5.74) is -1.35. The molecule has 0 saturated carbocycles. The number of hydrogen-bond acceptors (Lipinski definition) is 4. The minimum atomic E-state index is -4.93. The van der Waals surface area contributed by atoms with Crippen LogP contribution < -0.4 is 10.1 Å². The van der Waals surface area contributed by atoms with Crippen molar-refractivity contribution in [2.75, 3.05) is 5.32 Å². The Hall–Kier alpha value is -2.46. The van der Waals surface area contributed by atoms with E-state index < -0.39 is 34.9 Å². The average molecular weight is 439 g/mol. The van der Waals surface area contributed by atoms with Crippen LogP contribution in [0.5, 0.6) is 11.5 Å². The van der Waals surface area contributed by atoms with Crippen molar-refractivity contribution < 1.29 is 31.1 Å². The summed E-state index contributed by atoms with van der Waals surface area (Å²) in [4.78, 5) is 4.56. The van der Waals surface area contributed by atoms with Crippen molar-refractivity contribution >= 4 is 28.6 Å². The summed E-state index contributed by atoms with van der Waals surface area (Å²) in [6.07, 6.45) is -3.43. The molecule has 11 heteroatoms. The van der Waals surface area contributed by atoms with E-state index in [1.807, 2.05) is 0 Å². The summed E-state index contributed by atoms with van der Waals surface area (Å²) in [6, 6.07) is 3.38. The van der Waals surface area contributed by atoms with Crippen LogP contribution in [0.15, 0.2) is 36.5 Å². The van der Waals surface area contributed by atoms with E-state index in [0.29, 0.717) is 9.34 Å². The standard InChI is InChI=1S/C17H9ClF6N2OS/c18-16-26-7-10(28-16)6-25-13-2-1-9(19)5-14(13)27-15-11(20)3-8(4-12(15)21)17(22,23)24/h1-5,7,25H,6H2. The number of rotatable bonds is 5. The summed E-state index contributed by atoms with van der Waals surface area (Å²) in [5.74, 6) is -5.31. The molecule has 3 nitrogen and oxygen atoms in total. The molecule has 1 heterocycles. The number of ether oxygens (including phenoxy) is 1. The Kier molecular flexibility index (Phi) is 5.71. The van der Waals surface area contributed by atoms with Gasteiger partial charge < -0.3 is 10.1 Å². The molecule has 1 N–H and O–H groups in total. The van der Waals surface area contributed by atoms with Gasteiger partial charge in [0.25, 0.3) is 0 Å². The second-order valence-corrected chi connectivity index (χ2v) is 7.14. The zero-order valence-corrected chi connectivity index (χ0v) is 15.2. The Morgan fingerprint density at radius 2 is 1.75 bits per heavy atom. The molecule has 0 unspecified atom stereocenters. The first-order valence-electron chi connectivity index (χ1n) is 7.51. The third-order valence-electron chi connectivity index (χ3n) is 3.46. The highest BCUT2D eigenvalue weighted by Crippen LogP contribution is 2.37. The number of nitrogens with zero attached hydrogens (tertiary/aromatic N) is 1. The van der Waals surface area contributed by atoms with Gasteiger partial charge in [-0.2, -0.15) is 13.2 Å². The Morgan fingerprint density at radius 1 is 1.07 bits per heavy atom. The van der Waals surface area contributed by atoms with Crippen LogP contribution >= 0.6 is 22.9 Å². The highest BCUT2D eigenvalue weighted by molar-refractivity contribution is 7.15. The zero-order valence-electron chi connectivity index (χ0n) is 13.6. The third-order valence-corrected chi connectivity index (χ3v) is 4.57. The van der Waals surface area contributed by atoms with Crippen molar-refractivity contribution in [1.82, 2.24) is 4.98 Å². The van der Waals surface area contributed by atoms with E-state index in [1.54, 1.807) is 0 Å². The van der Waals surface area contributed by atoms with Gasteiger partial charge in [0.15, 0.2) is 27.6 Å². The van der Waals surface area contributed by atoms with Crippen molar-refractivity contribution in [3.05, 3.63) is 68.9 Å². The summed E-state index contributed by atoms with van der Waals surface area (Å²) in [7, 11) is 0. The molecular weight excluding hydrogens is 430 g/mol. The van der Waals surface area contributed by atoms with Crippen LogP contribution in [-0.2, 0) is 12.7 Å². The van der Waals surface area contributed by atoms with Gasteiger partial charge >= 0.3 is 6.18 Å². The number of benzene rings is 2. The van der Waals surface area contributed by atoms with E-state index in [-0.39, 0.29) is 30.1 Å². The van der Waals surface area contributed by atoms with Gasteiger partial charge in [-0.25, -0.2) is 18.2 Å². The Labute approximate surface area is 163 Å². The lowest BCUT2D eigenvalue weighted by molar-refractivity contribution is -0.138. The number of anilines is 1. The summed E-state index contributed by atoms with van der Waals surface area (Å²) in [5, 5.41) is 2.86. The van der Waals surface area contributed by atoms with Gasteiger partial charge in [0, 0.05) is 17.1 Å². The number of alkyl halides is 3. The molecule has 0 amide bonds. The van der Waals surface area contributed by atoms with Crippen LogP contribution in [0, 0.1) is 17.5 Å². The first kappa shape index (κ1) is 20.3. The average Bonchev–Trinajstić information content (AvgIpc) is 3.01. The lowest BCUT2D eigenvalue weighted by atomic mass is 10.2. The lowest BCUT2D eigenvalue weighted by Gasteiger charge is -2.15. The summed E-state index contributed by atoms with van der Waals surface area (Å²) in [6.45, 7) is 0.199. The third kappa shape index (κ3) is 4.68. The smallest absolute Gasteiger partial charge is 0.416 e. The second-order valence-electron chi connectivity index (χ2n) is 5.44. The number of halogens is 7. The Bertz CT molecular complexity index is 985. The van der Waals surface area contributed by atoms with Crippen LogP contribution in [0.4, 0.5) is 32.0 Å². The largest absolute Gasteiger partial charge is 0.449 e. The van der Waals surface area contributed by atoms with Crippen molar-refractivity contribution in [3.8, 4) is 11.5 Å². The van der Waals surface area contributed by atoms with Crippen LogP contribution in [0.25, 0.3) is 0 Å². The van der Waals surface area contributed by atoms with Crippen molar-refractivity contribution in [3.63, 3.8) is 0 Å². The molecule has 0 aliphatic rings. The Morgan fingerprint density at radius 3 is 2.32 bits per heavy atom. The fraction of sp³-hybridized carbons (Fsp3) is 0.118. The number of nitrogens with one attached hydrogen (secondary N) is 1. The highest BCUT2D eigenvalue weighted by atomic mass is 35.5. The lowest BCUT2D eigenvalue weighted by Crippen LogP contribution is -2.07. The van der Waals surface area contributed by atoms with Crippen LogP contribution in [0.1, 0.15) is 10.4 Å². The first-order chi connectivity index (χ1) is 13.1. The van der Waals surface area contributed by atoms with Gasteiger partial charge in [-0.15, -0.1) is 11.3 Å². The maximum atomic E-state index is 14.0. The molecule has 2 aromatic carbocycles. The van der Waals surface area contributed by atoms with E-state index in [1.165, 1.54) is 23.6 Å². The van der Waals surface area contributed by atoms with E-state index in [2.05, 4.69) is 10.3 Å². The monoisotopic (exact) mass is 438 g/mol. The summed E-state index contributed by atoms with van der Waals surface area (Å²) >= 11 is 6.90. The second kappa shape index (κ2) is 7.88. The SMILES string of the molecule is Fc1ccc(NCc2cnc(Cl)s2)c(Oc2c(F)cc(C(F)(F)F)cc2F)c1. The quantitative estimate of drug-likeness (QED) is 0.453. The molecular formula is C17H9ClF6N2OS. The Balaban J connectivity index is 1.88. The van der Waals surface area contributed by atoms with E-state index >= 15 is 0 Å². The van der Waals surface area contributed by atoms with Gasteiger partial charge in [-0.1, -0.05) is 11.6 Å². The van der Waals surface area contributed by atoms with E-state index in [4.69, 9.17) is 16.3 Å². The topological polar surface area (TPSA) is 34.2 Å². The molecule has 0 aliphatic carbocycles.